The summed E-state index contributed by atoms with van der Waals surface area (Å²) in [5.41, 5.74) is 0.421. The van der Waals surface area contributed by atoms with Crippen LogP contribution >= 0.6 is 0 Å². The molecule has 0 radical (unpaired) electrons. The Hall–Kier alpha value is -2.17. The van der Waals surface area contributed by atoms with E-state index in [1.54, 1.807) is 6.08 Å². The van der Waals surface area contributed by atoms with Crippen LogP contribution in [0.15, 0.2) is 72.3 Å². The van der Waals surface area contributed by atoms with Crippen molar-refractivity contribution in [3.05, 3.63) is 72.3 Å². The first kappa shape index (κ1) is 19.2. The Morgan fingerprint density at radius 3 is 2.04 bits per heavy atom. The van der Waals surface area contributed by atoms with Crippen molar-refractivity contribution < 1.29 is 14.0 Å². The quantitative estimate of drug-likeness (QED) is 0.583. The van der Waals surface area contributed by atoms with Gasteiger partial charge >= 0.3 is 5.97 Å². The predicted octanol–water partition coefficient (Wildman–Crippen LogP) is 3.97. The number of fused-ring (bicyclic) bond motifs is 1. The summed E-state index contributed by atoms with van der Waals surface area (Å²) >= 11 is 0. The van der Waals surface area contributed by atoms with E-state index >= 15 is 0 Å². The standard InChI is InChI=1S/C24H28O3Si/c1-23(2,3)28(19-11-7-5-8-12-19,20-13-9-6-10-14-20)27-21-16-15-18-17-22(25)26-24(18,21)4/h5-14,17,21H,15-16H2,1-4H3/t21-,24-/m0/s1. The average Bonchev–Trinajstić information content (AvgIpc) is 3.11. The molecule has 146 valence electrons. The predicted molar refractivity (Wildman–Crippen MR) is 114 cm³/mol. The van der Waals surface area contributed by atoms with Crippen molar-refractivity contribution in [1.29, 1.82) is 0 Å². The van der Waals surface area contributed by atoms with Gasteiger partial charge in [-0.3, -0.25) is 0 Å². The van der Waals surface area contributed by atoms with E-state index in [0.29, 0.717) is 0 Å². The first-order chi connectivity index (χ1) is 13.3. The van der Waals surface area contributed by atoms with Gasteiger partial charge in [0, 0.05) is 6.08 Å². The van der Waals surface area contributed by atoms with Crippen molar-refractivity contribution >= 4 is 24.7 Å². The van der Waals surface area contributed by atoms with Crippen molar-refractivity contribution in [2.24, 2.45) is 0 Å². The Morgan fingerprint density at radius 1 is 1.00 bits per heavy atom. The molecule has 1 aliphatic carbocycles. The summed E-state index contributed by atoms with van der Waals surface area (Å²) < 4.78 is 13.0. The number of rotatable bonds is 4. The second-order valence-corrected chi connectivity index (χ2v) is 13.3. The summed E-state index contributed by atoms with van der Waals surface area (Å²) in [6.07, 6.45) is 3.25. The minimum atomic E-state index is -2.66. The van der Waals surface area contributed by atoms with Crippen LogP contribution in [0.2, 0.25) is 5.04 Å². The molecule has 0 spiro atoms. The van der Waals surface area contributed by atoms with E-state index in [4.69, 9.17) is 9.16 Å². The Kier molecular flexibility index (Phi) is 4.59. The molecule has 2 aromatic carbocycles. The van der Waals surface area contributed by atoms with Gasteiger partial charge in [-0.15, -0.1) is 0 Å². The normalized spacial score (nSPS) is 24.6. The largest absolute Gasteiger partial charge is 0.449 e. The molecular weight excluding hydrogens is 364 g/mol. The number of hydrogen-bond donors (Lipinski definition) is 0. The van der Waals surface area contributed by atoms with Crippen LogP contribution in [0.3, 0.4) is 0 Å². The summed E-state index contributed by atoms with van der Waals surface area (Å²) in [6.45, 7) is 8.83. The highest BCUT2D eigenvalue weighted by atomic mass is 28.4. The molecule has 2 aromatic rings. The molecule has 0 N–H and O–H groups in total. The molecule has 28 heavy (non-hydrogen) atoms. The van der Waals surface area contributed by atoms with E-state index in [9.17, 15) is 4.79 Å². The van der Waals surface area contributed by atoms with Crippen molar-refractivity contribution in [1.82, 2.24) is 0 Å². The van der Waals surface area contributed by atoms with Crippen molar-refractivity contribution in [2.75, 3.05) is 0 Å². The van der Waals surface area contributed by atoms with E-state index in [2.05, 4.69) is 69.3 Å². The van der Waals surface area contributed by atoms with E-state index < -0.39 is 13.9 Å². The van der Waals surface area contributed by atoms with Gasteiger partial charge in [-0.2, -0.15) is 0 Å². The lowest BCUT2D eigenvalue weighted by Gasteiger charge is -2.46. The molecule has 3 nitrogen and oxygen atoms in total. The Morgan fingerprint density at radius 2 is 1.54 bits per heavy atom. The molecule has 0 aromatic heterocycles. The second-order valence-electron chi connectivity index (χ2n) is 9.01. The highest BCUT2D eigenvalue weighted by Gasteiger charge is 2.57. The highest BCUT2D eigenvalue weighted by molar-refractivity contribution is 6.99. The van der Waals surface area contributed by atoms with E-state index in [1.807, 2.05) is 19.1 Å². The summed E-state index contributed by atoms with van der Waals surface area (Å²) in [4.78, 5) is 12.0. The maximum absolute atomic E-state index is 12.0. The van der Waals surface area contributed by atoms with Gasteiger partial charge in [0.2, 0.25) is 0 Å². The second kappa shape index (κ2) is 6.71. The summed E-state index contributed by atoms with van der Waals surface area (Å²) in [7, 11) is -2.66. The van der Waals surface area contributed by atoms with Gasteiger partial charge in [-0.05, 0) is 40.8 Å². The van der Waals surface area contributed by atoms with Crippen LogP contribution in [0.5, 0.6) is 0 Å². The molecule has 2 atom stereocenters. The van der Waals surface area contributed by atoms with Crippen LogP contribution in [0, 0.1) is 0 Å². The van der Waals surface area contributed by atoms with Crippen LogP contribution in [0.1, 0.15) is 40.5 Å². The van der Waals surface area contributed by atoms with Gasteiger partial charge in [-0.25, -0.2) is 4.79 Å². The molecule has 4 rings (SSSR count). The average molecular weight is 393 g/mol. The summed E-state index contributed by atoms with van der Waals surface area (Å²) in [6, 6.07) is 21.2. The summed E-state index contributed by atoms with van der Waals surface area (Å²) in [5.74, 6) is -0.242. The number of benzene rings is 2. The Balaban J connectivity index is 1.87. The smallest absolute Gasteiger partial charge is 0.331 e. The molecule has 0 unspecified atom stereocenters. The number of ether oxygens (including phenoxy) is 1. The van der Waals surface area contributed by atoms with E-state index in [-0.39, 0.29) is 17.1 Å². The monoisotopic (exact) mass is 392 g/mol. The first-order valence-electron chi connectivity index (χ1n) is 10.0. The third-order valence-corrected chi connectivity index (χ3v) is 11.3. The zero-order valence-electron chi connectivity index (χ0n) is 17.1. The van der Waals surface area contributed by atoms with Crippen molar-refractivity contribution in [3.8, 4) is 0 Å². The van der Waals surface area contributed by atoms with Gasteiger partial charge in [0.15, 0.2) is 5.60 Å². The third-order valence-electron chi connectivity index (χ3n) is 6.27. The highest BCUT2D eigenvalue weighted by Crippen LogP contribution is 2.47. The minimum absolute atomic E-state index is 0.0961. The molecule has 4 heteroatoms. The molecule has 1 fully saturated rings. The molecule has 0 bridgehead atoms. The zero-order valence-corrected chi connectivity index (χ0v) is 18.1. The van der Waals surface area contributed by atoms with Crippen molar-refractivity contribution in [3.63, 3.8) is 0 Å². The van der Waals surface area contributed by atoms with Gasteiger partial charge in [0.05, 0.1) is 6.10 Å². The lowest BCUT2D eigenvalue weighted by Crippen LogP contribution is -2.69. The van der Waals surface area contributed by atoms with Crippen LogP contribution in [0.4, 0.5) is 0 Å². The fourth-order valence-corrected chi connectivity index (χ4v) is 9.60. The van der Waals surface area contributed by atoms with E-state index in [1.165, 1.54) is 10.4 Å². The van der Waals surface area contributed by atoms with Crippen LogP contribution in [0.25, 0.3) is 0 Å². The van der Waals surface area contributed by atoms with Gasteiger partial charge in [-0.1, -0.05) is 81.4 Å². The minimum Gasteiger partial charge on any atom is -0.449 e. The molecule has 0 saturated heterocycles. The summed E-state index contributed by atoms with van der Waals surface area (Å²) in [5, 5.41) is 2.40. The maximum atomic E-state index is 12.0. The Labute approximate surface area is 168 Å². The lowest BCUT2D eigenvalue weighted by atomic mass is 9.99. The fourth-order valence-electron chi connectivity index (χ4n) is 4.82. The van der Waals surface area contributed by atoms with Gasteiger partial charge < -0.3 is 9.16 Å². The first-order valence-corrected chi connectivity index (χ1v) is 11.9. The van der Waals surface area contributed by atoms with Gasteiger partial charge in [0.1, 0.15) is 0 Å². The number of esters is 1. The van der Waals surface area contributed by atoms with Crippen LogP contribution in [-0.2, 0) is 14.0 Å². The Bertz CT molecular complexity index is 859. The molecular formula is C24H28O3Si. The van der Waals surface area contributed by atoms with Crippen LogP contribution < -0.4 is 10.4 Å². The number of carbonyl (C=O) groups is 1. The molecule has 2 aliphatic rings. The molecule has 1 aliphatic heterocycles. The van der Waals surface area contributed by atoms with Crippen LogP contribution in [-0.4, -0.2) is 26.0 Å². The zero-order chi connectivity index (χ0) is 20.0. The lowest BCUT2D eigenvalue weighted by molar-refractivity contribution is -0.150. The van der Waals surface area contributed by atoms with Gasteiger partial charge in [0.25, 0.3) is 8.32 Å². The number of carbonyl (C=O) groups excluding carboxylic acids is 1. The molecule has 0 amide bonds. The maximum Gasteiger partial charge on any atom is 0.331 e. The molecule has 1 saturated carbocycles. The SMILES string of the molecule is CC(C)(C)[Si](O[C@H]1CCC2=CC(=O)O[C@@]21C)(c1ccccc1)c1ccccc1. The third kappa shape index (κ3) is 2.87. The van der Waals surface area contributed by atoms with E-state index in [0.717, 1.165) is 18.4 Å². The fraction of sp³-hybridized carbons (Fsp3) is 0.375. The topological polar surface area (TPSA) is 35.5 Å². The molecule has 1 heterocycles. The number of hydrogen-bond acceptors (Lipinski definition) is 3. The van der Waals surface area contributed by atoms with Crippen molar-refractivity contribution in [2.45, 2.75) is 57.3 Å².